The Balaban J connectivity index is 1.34. The zero-order chi connectivity index (χ0) is 31.0. The molecule has 0 unspecified atom stereocenters. The second-order valence-electron chi connectivity index (χ2n) is 10.5. The summed E-state index contributed by atoms with van der Waals surface area (Å²) >= 11 is 0. The molecule has 1 fully saturated rings. The van der Waals surface area contributed by atoms with Gasteiger partial charge in [-0.3, -0.25) is 4.72 Å². The summed E-state index contributed by atoms with van der Waals surface area (Å²) in [6, 6.07) is 15.2. The number of hydrogen-bond donors (Lipinski definition) is 2. The smallest absolute Gasteiger partial charge is 0.264 e. The summed E-state index contributed by atoms with van der Waals surface area (Å²) in [6.07, 6.45) is 3.31. The minimum Gasteiger partial charge on any atom is -0.480 e. The molecule has 2 aromatic carbocycles. The van der Waals surface area contributed by atoms with E-state index >= 15 is 0 Å². The number of piperazine rings is 1. The van der Waals surface area contributed by atoms with Gasteiger partial charge in [-0.05, 0) is 66.7 Å². The van der Waals surface area contributed by atoms with Gasteiger partial charge in [0.15, 0.2) is 0 Å². The highest BCUT2D eigenvalue weighted by Gasteiger charge is 2.23. The molecular weight excluding hydrogens is 588 g/mol. The van der Waals surface area contributed by atoms with Crippen molar-refractivity contribution in [2.75, 3.05) is 55.7 Å². The molecule has 13 heteroatoms. The highest BCUT2D eigenvalue weighted by atomic mass is 32.2. The van der Waals surface area contributed by atoms with Crippen LogP contribution in [-0.4, -0.2) is 68.6 Å². The number of halogens is 2. The molecule has 1 aliphatic heterocycles. The van der Waals surface area contributed by atoms with E-state index in [0.29, 0.717) is 28.5 Å². The number of benzene rings is 2. The minimum absolute atomic E-state index is 0.0156. The van der Waals surface area contributed by atoms with Gasteiger partial charge in [0, 0.05) is 61.2 Å². The number of fused-ring (bicyclic) bond motifs is 1. The fourth-order valence-electron chi connectivity index (χ4n) is 5.14. The monoisotopic (exact) mass is 617 g/mol. The number of anilines is 3. The van der Waals surface area contributed by atoms with Gasteiger partial charge in [0.05, 0.1) is 12.6 Å². The number of hydrogen-bond acceptors (Lipinski definition) is 9. The summed E-state index contributed by atoms with van der Waals surface area (Å²) in [5.41, 5.74) is 9.99. The van der Waals surface area contributed by atoms with E-state index in [1.165, 1.54) is 19.4 Å². The lowest BCUT2D eigenvalue weighted by atomic mass is 10.0. The quantitative estimate of drug-likeness (QED) is 0.265. The van der Waals surface area contributed by atoms with Gasteiger partial charge < -0.3 is 20.3 Å². The van der Waals surface area contributed by atoms with Crippen LogP contribution in [0.1, 0.15) is 0 Å². The zero-order valence-electron chi connectivity index (χ0n) is 24.0. The average Bonchev–Trinajstić information content (AvgIpc) is 3.00. The van der Waals surface area contributed by atoms with Crippen molar-refractivity contribution in [3.8, 4) is 28.1 Å². The van der Waals surface area contributed by atoms with E-state index in [9.17, 15) is 17.2 Å². The van der Waals surface area contributed by atoms with Crippen molar-refractivity contribution in [2.45, 2.75) is 4.90 Å². The van der Waals surface area contributed by atoms with Crippen molar-refractivity contribution in [1.29, 1.82) is 0 Å². The number of nitrogens with zero attached hydrogens (tertiary/aromatic N) is 5. The summed E-state index contributed by atoms with van der Waals surface area (Å²) in [5, 5.41) is 0.802. The van der Waals surface area contributed by atoms with Gasteiger partial charge in [0.25, 0.3) is 10.0 Å². The predicted octanol–water partition coefficient (Wildman–Crippen LogP) is 4.78. The van der Waals surface area contributed by atoms with E-state index < -0.39 is 26.6 Å². The SMILES string of the molecule is COc1ncc(-c2ccc3nc(N)c(-c4ccnc(N5CCN(C)CC5)c4)cc3c2)cc1NS(=O)(=O)c1ccc(F)cc1F. The molecule has 0 atom stereocenters. The first-order valence-corrected chi connectivity index (χ1v) is 15.2. The molecular formula is C31H29F2N7O3S. The third kappa shape index (κ3) is 5.83. The van der Waals surface area contributed by atoms with Crippen LogP contribution in [0.25, 0.3) is 33.2 Å². The molecule has 0 amide bonds. The van der Waals surface area contributed by atoms with Gasteiger partial charge in [-0.2, -0.15) is 0 Å². The van der Waals surface area contributed by atoms with Gasteiger partial charge in [0.1, 0.15) is 33.9 Å². The lowest BCUT2D eigenvalue weighted by Crippen LogP contribution is -2.44. The van der Waals surface area contributed by atoms with Crippen molar-refractivity contribution in [3.63, 3.8) is 0 Å². The summed E-state index contributed by atoms with van der Waals surface area (Å²) in [5.74, 6) is -0.869. The molecule has 10 nitrogen and oxygen atoms in total. The fourth-order valence-corrected chi connectivity index (χ4v) is 6.24. The summed E-state index contributed by atoms with van der Waals surface area (Å²) in [4.78, 5) is 17.3. The number of methoxy groups -OCH3 is 1. The van der Waals surface area contributed by atoms with Crippen molar-refractivity contribution in [2.24, 2.45) is 0 Å². The molecule has 226 valence electrons. The Morgan fingerprint density at radius 3 is 2.45 bits per heavy atom. The average molecular weight is 618 g/mol. The summed E-state index contributed by atoms with van der Waals surface area (Å²) in [7, 11) is -0.991. The van der Waals surface area contributed by atoms with Gasteiger partial charge in [-0.1, -0.05) is 6.07 Å². The third-order valence-corrected chi connectivity index (χ3v) is 8.93. The summed E-state index contributed by atoms with van der Waals surface area (Å²) in [6.45, 7) is 3.69. The number of nitrogens with two attached hydrogens (primary N) is 1. The molecule has 3 aromatic heterocycles. The molecule has 5 aromatic rings. The number of rotatable bonds is 7. The second kappa shape index (κ2) is 11.7. The number of pyridine rings is 3. The van der Waals surface area contributed by atoms with E-state index in [1.807, 2.05) is 36.4 Å². The first kappa shape index (κ1) is 29.2. The number of nitrogens with one attached hydrogen (secondary N) is 1. The third-order valence-electron chi connectivity index (χ3n) is 7.53. The first-order valence-electron chi connectivity index (χ1n) is 13.7. The summed E-state index contributed by atoms with van der Waals surface area (Å²) < 4.78 is 61.2. The molecule has 0 bridgehead atoms. The maximum Gasteiger partial charge on any atom is 0.264 e. The first-order chi connectivity index (χ1) is 21.1. The highest BCUT2D eigenvalue weighted by molar-refractivity contribution is 7.92. The van der Waals surface area contributed by atoms with E-state index in [-0.39, 0.29) is 11.6 Å². The number of likely N-dealkylation sites (N-methyl/N-ethyl adjacent to an activating group) is 1. The number of nitrogen functional groups attached to an aromatic ring is 1. The van der Waals surface area contributed by atoms with Crippen molar-refractivity contribution >= 4 is 38.2 Å². The molecule has 0 aliphatic carbocycles. The minimum atomic E-state index is -4.43. The Labute approximate surface area is 253 Å². The predicted molar refractivity (Wildman–Crippen MR) is 166 cm³/mol. The van der Waals surface area contributed by atoms with Gasteiger partial charge in [0.2, 0.25) is 5.88 Å². The van der Waals surface area contributed by atoms with Gasteiger partial charge in [-0.25, -0.2) is 32.2 Å². The zero-order valence-corrected chi connectivity index (χ0v) is 24.8. The maximum atomic E-state index is 14.3. The second-order valence-corrected chi connectivity index (χ2v) is 12.1. The maximum absolute atomic E-state index is 14.3. The molecule has 0 spiro atoms. The van der Waals surface area contributed by atoms with E-state index in [1.54, 1.807) is 6.20 Å². The van der Waals surface area contributed by atoms with E-state index in [0.717, 1.165) is 60.6 Å². The lowest BCUT2D eigenvalue weighted by molar-refractivity contribution is 0.312. The molecule has 44 heavy (non-hydrogen) atoms. The molecule has 3 N–H and O–H groups in total. The van der Waals surface area contributed by atoms with Crippen LogP contribution in [0, 0.1) is 11.6 Å². The lowest BCUT2D eigenvalue weighted by Gasteiger charge is -2.33. The Morgan fingerprint density at radius 2 is 1.70 bits per heavy atom. The van der Waals surface area contributed by atoms with Crippen LogP contribution < -0.4 is 20.1 Å². The van der Waals surface area contributed by atoms with Crippen LogP contribution in [0.5, 0.6) is 5.88 Å². The Bertz CT molecular complexity index is 1980. The Hall–Kier alpha value is -4.88. The Morgan fingerprint density at radius 1 is 0.909 bits per heavy atom. The van der Waals surface area contributed by atoms with Crippen LogP contribution in [-0.2, 0) is 10.0 Å². The van der Waals surface area contributed by atoms with Crippen LogP contribution in [0.3, 0.4) is 0 Å². The molecule has 0 radical (unpaired) electrons. The van der Waals surface area contributed by atoms with E-state index in [4.69, 9.17) is 10.5 Å². The van der Waals surface area contributed by atoms with Gasteiger partial charge in [-0.15, -0.1) is 0 Å². The molecule has 4 heterocycles. The normalized spacial score (nSPS) is 14.1. The standard InChI is InChI=1S/C31H29F2N7O3S/c1-39-9-11-40(12-10-39)29-16-20(7-8-35-29)24-14-21-13-19(3-5-26(21)37-30(24)34)22-15-27(31(43-2)36-18-22)38-44(41,42)28-6-4-23(32)17-25(28)33/h3-8,13-18,38H,9-12H2,1-2H3,(H2,34,37). The van der Waals surface area contributed by atoms with Crippen molar-refractivity contribution in [1.82, 2.24) is 19.9 Å². The van der Waals surface area contributed by atoms with Crippen LogP contribution in [0.2, 0.25) is 0 Å². The van der Waals surface area contributed by atoms with Crippen LogP contribution in [0.4, 0.5) is 26.1 Å². The number of ether oxygens (including phenoxy) is 1. The van der Waals surface area contributed by atoms with E-state index in [2.05, 4.69) is 36.5 Å². The number of sulfonamides is 1. The largest absolute Gasteiger partial charge is 0.480 e. The van der Waals surface area contributed by atoms with Crippen molar-refractivity contribution in [3.05, 3.63) is 84.7 Å². The highest BCUT2D eigenvalue weighted by Crippen LogP contribution is 2.34. The fraction of sp³-hybridized carbons (Fsp3) is 0.194. The number of aromatic nitrogens is 3. The molecule has 6 rings (SSSR count). The Kier molecular flexibility index (Phi) is 7.74. The van der Waals surface area contributed by atoms with Crippen LogP contribution in [0.15, 0.2) is 78.0 Å². The van der Waals surface area contributed by atoms with Crippen LogP contribution >= 0.6 is 0 Å². The van der Waals surface area contributed by atoms with Gasteiger partial charge >= 0.3 is 0 Å². The topological polar surface area (TPSA) is 127 Å². The molecule has 0 saturated carbocycles. The molecule has 1 aliphatic rings. The van der Waals surface area contributed by atoms with Crippen molar-refractivity contribution < 1.29 is 21.9 Å². The molecule has 1 saturated heterocycles.